The Morgan fingerprint density at radius 1 is 1.89 bits per heavy atom. The number of nitrogens with zero attached hydrogens (tertiary/aromatic N) is 3. The SMILES string of the molecule is N#CCSc1nncs1. The van der Waals surface area contributed by atoms with Gasteiger partial charge in [-0.05, 0) is 0 Å². The van der Waals surface area contributed by atoms with Crippen molar-refractivity contribution in [3.63, 3.8) is 0 Å². The minimum atomic E-state index is 0.454. The van der Waals surface area contributed by atoms with E-state index in [-0.39, 0.29) is 0 Å². The van der Waals surface area contributed by atoms with Gasteiger partial charge in [-0.25, -0.2) is 0 Å². The van der Waals surface area contributed by atoms with Gasteiger partial charge in [0, 0.05) is 0 Å². The van der Waals surface area contributed by atoms with Gasteiger partial charge in [0.2, 0.25) is 0 Å². The maximum absolute atomic E-state index is 8.15. The first-order chi connectivity index (χ1) is 4.43. The van der Waals surface area contributed by atoms with Crippen LogP contribution >= 0.6 is 23.1 Å². The number of aromatic nitrogens is 2. The van der Waals surface area contributed by atoms with E-state index in [2.05, 4.69) is 10.2 Å². The molecule has 0 unspecified atom stereocenters. The van der Waals surface area contributed by atoms with E-state index in [0.717, 1.165) is 4.34 Å². The third-order valence-corrected chi connectivity index (χ3v) is 2.33. The Labute approximate surface area is 60.7 Å². The van der Waals surface area contributed by atoms with Crippen LogP contribution in [-0.2, 0) is 0 Å². The van der Waals surface area contributed by atoms with Crippen LogP contribution in [-0.4, -0.2) is 16.0 Å². The number of hydrogen-bond acceptors (Lipinski definition) is 5. The Bertz CT molecular complexity index is 200. The van der Waals surface area contributed by atoms with Crippen molar-refractivity contribution in [2.45, 2.75) is 4.34 Å². The van der Waals surface area contributed by atoms with Crippen molar-refractivity contribution in [1.82, 2.24) is 10.2 Å². The van der Waals surface area contributed by atoms with E-state index in [1.807, 2.05) is 6.07 Å². The fraction of sp³-hybridized carbons (Fsp3) is 0.250. The van der Waals surface area contributed by atoms with Gasteiger partial charge in [0.15, 0.2) is 4.34 Å². The van der Waals surface area contributed by atoms with Crippen LogP contribution in [0.1, 0.15) is 0 Å². The molecule has 46 valence electrons. The molecule has 0 aliphatic carbocycles. The largest absolute Gasteiger partial charge is 0.197 e. The van der Waals surface area contributed by atoms with E-state index in [4.69, 9.17) is 5.26 Å². The van der Waals surface area contributed by atoms with Gasteiger partial charge >= 0.3 is 0 Å². The summed E-state index contributed by atoms with van der Waals surface area (Å²) in [5, 5.41) is 15.5. The molecule has 0 aromatic carbocycles. The summed E-state index contributed by atoms with van der Waals surface area (Å²) in [4.78, 5) is 0. The van der Waals surface area contributed by atoms with E-state index >= 15 is 0 Å². The molecule has 1 heterocycles. The summed E-state index contributed by atoms with van der Waals surface area (Å²) in [6, 6.07) is 2.01. The highest BCUT2D eigenvalue weighted by Crippen LogP contribution is 2.17. The molecule has 1 aromatic rings. The quantitative estimate of drug-likeness (QED) is 0.604. The van der Waals surface area contributed by atoms with Crippen LogP contribution in [0, 0.1) is 11.3 Å². The van der Waals surface area contributed by atoms with Gasteiger partial charge in [0.25, 0.3) is 0 Å². The highest BCUT2D eigenvalue weighted by molar-refractivity contribution is 8.01. The predicted molar refractivity (Wildman–Crippen MR) is 36.2 cm³/mol. The van der Waals surface area contributed by atoms with Crippen molar-refractivity contribution >= 4 is 23.1 Å². The number of thioether (sulfide) groups is 1. The van der Waals surface area contributed by atoms with E-state index in [9.17, 15) is 0 Å². The van der Waals surface area contributed by atoms with E-state index in [1.165, 1.54) is 23.1 Å². The molecule has 9 heavy (non-hydrogen) atoms. The highest BCUT2D eigenvalue weighted by Gasteiger charge is 1.93. The molecule has 0 N–H and O–H groups in total. The van der Waals surface area contributed by atoms with Crippen LogP contribution in [0.4, 0.5) is 0 Å². The van der Waals surface area contributed by atoms with Gasteiger partial charge < -0.3 is 0 Å². The first-order valence-corrected chi connectivity index (χ1v) is 4.06. The molecule has 0 bridgehead atoms. The first kappa shape index (κ1) is 6.52. The van der Waals surface area contributed by atoms with Crippen LogP contribution in [0.25, 0.3) is 0 Å². The Kier molecular flexibility index (Phi) is 2.48. The van der Waals surface area contributed by atoms with Gasteiger partial charge in [0.1, 0.15) is 5.51 Å². The summed E-state index contributed by atoms with van der Waals surface area (Å²) < 4.78 is 0.858. The smallest absolute Gasteiger partial charge is 0.175 e. The van der Waals surface area contributed by atoms with Gasteiger partial charge in [-0.15, -0.1) is 10.2 Å². The van der Waals surface area contributed by atoms with Gasteiger partial charge in [-0.1, -0.05) is 23.1 Å². The Morgan fingerprint density at radius 3 is 3.33 bits per heavy atom. The maximum atomic E-state index is 8.15. The monoisotopic (exact) mass is 157 g/mol. The van der Waals surface area contributed by atoms with Crippen LogP contribution < -0.4 is 0 Å². The number of nitriles is 1. The summed E-state index contributed by atoms with van der Waals surface area (Å²) in [7, 11) is 0. The predicted octanol–water partition coefficient (Wildman–Crippen LogP) is 1.15. The lowest BCUT2D eigenvalue weighted by Crippen LogP contribution is -1.71. The van der Waals surface area contributed by atoms with E-state index in [0.29, 0.717) is 5.75 Å². The van der Waals surface area contributed by atoms with Crippen molar-refractivity contribution in [1.29, 1.82) is 5.26 Å². The zero-order valence-corrected chi connectivity index (χ0v) is 6.08. The fourth-order valence-corrected chi connectivity index (χ4v) is 1.47. The van der Waals surface area contributed by atoms with Gasteiger partial charge in [-0.3, -0.25) is 0 Å². The molecule has 0 radical (unpaired) electrons. The van der Waals surface area contributed by atoms with Crippen LogP contribution in [0.15, 0.2) is 9.85 Å². The summed E-state index contributed by atoms with van der Waals surface area (Å²) in [6.45, 7) is 0. The third-order valence-electron chi connectivity index (χ3n) is 0.600. The lowest BCUT2D eigenvalue weighted by Gasteiger charge is -1.80. The second kappa shape index (κ2) is 3.43. The molecule has 0 atom stereocenters. The second-order valence-electron chi connectivity index (χ2n) is 1.15. The molecular formula is C4H3N3S2. The molecule has 1 aromatic heterocycles. The zero-order chi connectivity index (χ0) is 6.53. The standard InChI is InChI=1S/C4H3N3S2/c5-1-2-8-4-7-6-3-9-4/h3H,2H2. The van der Waals surface area contributed by atoms with Crippen LogP contribution in [0.5, 0.6) is 0 Å². The molecule has 0 aliphatic heterocycles. The Balaban J connectivity index is 2.41. The summed E-state index contributed by atoms with van der Waals surface area (Å²) >= 11 is 2.86. The molecule has 3 nitrogen and oxygen atoms in total. The lowest BCUT2D eigenvalue weighted by atomic mass is 10.9. The van der Waals surface area contributed by atoms with Gasteiger partial charge in [-0.2, -0.15) is 5.26 Å². The van der Waals surface area contributed by atoms with E-state index in [1.54, 1.807) is 5.51 Å². The number of rotatable bonds is 2. The molecular weight excluding hydrogens is 154 g/mol. The fourth-order valence-electron chi connectivity index (χ4n) is 0.320. The number of hydrogen-bond donors (Lipinski definition) is 0. The molecule has 0 spiro atoms. The van der Waals surface area contributed by atoms with Crippen molar-refractivity contribution in [3.05, 3.63) is 5.51 Å². The van der Waals surface area contributed by atoms with Crippen LogP contribution in [0.3, 0.4) is 0 Å². The zero-order valence-electron chi connectivity index (χ0n) is 4.44. The maximum Gasteiger partial charge on any atom is 0.175 e. The minimum Gasteiger partial charge on any atom is -0.197 e. The van der Waals surface area contributed by atoms with E-state index < -0.39 is 0 Å². The topological polar surface area (TPSA) is 49.6 Å². The highest BCUT2D eigenvalue weighted by atomic mass is 32.2. The van der Waals surface area contributed by atoms with Crippen molar-refractivity contribution in [2.75, 3.05) is 5.75 Å². The molecule has 0 amide bonds. The molecule has 5 heteroatoms. The molecule has 0 fully saturated rings. The molecule has 0 saturated carbocycles. The summed E-state index contributed by atoms with van der Waals surface area (Å²) in [5.41, 5.74) is 1.65. The third kappa shape index (κ3) is 2.00. The normalized spacial score (nSPS) is 8.78. The second-order valence-corrected chi connectivity index (χ2v) is 3.21. The molecule has 0 aliphatic rings. The minimum absolute atomic E-state index is 0.454. The van der Waals surface area contributed by atoms with Crippen LogP contribution in [0.2, 0.25) is 0 Å². The van der Waals surface area contributed by atoms with Crippen molar-refractivity contribution < 1.29 is 0 Å². The average Bonchev–Trinajstić information content (AvgIpc) is 2.34. The lowest BCUT2D eigenvalue weighted by molar-refractivity contribution is 1.01. The summed E-state index contributed by atoms with van der Waals surface area (Å²) in [5.74, 6) is 0.454. The van der Waals surface area contributed by atoms with Crippen molar-refractivity contribution in [2.24, 2.45) is 0 Å². The molecule has 1 rings (SSSR count). The first-order valence-electron chi connectivity index (χ1n) is 2.19. The molecule has 0 saturated heterocycles. The summed E-state index contributed by atoms with van der Waals surface area (Å²) in [6.07, 6.45) is 0. The van der Waals surface area contributed by atoms with Gasteiger partial charge in [0.05, 0.1) is 11.8 Å². The average molecular weight is 157 g/mol. The Morgan fingerprint density at radius 2 is 2.78 bits per heavy atom. The Hall–Kier alpha value is -0.600. The van der Waals surface area contributed by atoms with Crippen molar-refractivity contribution in [3.8, 4) is 6.07 Å².